The van der Waals surface area contributed by atoms with Crippen LogP contribution in [0.3, 0.4) is 0 Å². The fourth-order valence-electron chi connectivity index (χ4n) is 3.92. The van der Waals surface area contributed by atoms with E-state index in [1.807, 2.05) is 47.4 Å². The predicted octanol–water partition coefficient (Wildman–Crippen LogP) is 4.01. The van der Waals surface area contributed by atoms with Crippen LogP contribution in [0.25, 0.3) is 0 Å². The topological polar surface area (TPSA) is 115 Å². The highest BCUT2D eigenvalue weighted by molar-refractivity contribution is 5.96. The predicted molar refractivity (Wildman–Crippen MR) is 143 cm³/mol. The lowest BCUT2D eigenvalue weighted by atomic mass is 10.2. The summed E-state index contributed by atoms with van der Waals surface area (Å²) in [4.78, 5) is 36.0. The van der Waals surface area contributed by atoms with Crippen LogP contribution in [-0.2, 0) is 17.8 Å². The number of rotatable bonds is 9. The molecule has 2 amide bonds. The van der Waals surface area contributed by atoms with Crippen LogP contribution in [0.1, 0.15) is 42.3 Å². The summed E-state index contributed by atoms with van der Waals surface area (Å²) in [6.07, 6.45) is 1.81. The molecule has 10 nitrogen and oxygen atoms in total. The Balaban J connectivity index is 1.48. The van der Waals surface area contributed by atoms with Crippen LogP contribution in [0, 0.1) is 0 Å². The third-order valence-electron chi connectivity index (χ3n) is 5.73. The number of carbonyl (C=O) groups excluding carboxylic acids is 2. The summed E-state index contributed by atoms with van der Waals surface area (Å²) in [5.74, 6) is 0.968. The largest absolute Gasteiger partial charge is 0.497 e. The second kappa shape index (κ2) is 11.8. The molecule has 4 rings (SSSR count). The van der Waals surface area contributed by atoms with E-state index in [2.05, 4.69) is 26.7 Å². The highest BCUT2D eigenvalue weighted by Crippen LogP contribution is 2.33. The van der Waals surface area contributed by atoms with E-state index in [1.165, 1.54) is 11.8 Å². The number of hydrogen-bond acceptors (Lipinski definition) is 8. The van der Waals surface area contributed by atoms with Crippen LogP contribution in [0.4, 0.5) is 16.4 Å². The van der Waals surface area contributed by atoms with E-state index in [1.54, 1.807) is 27.9 Å². The molecule has 0 bridgehead atoms. The molecular formula is C28H33N5O5. The lowest BCUT2D eigenvalue weighted by molar-refractivity contribution is 0.0526. The van der Waals surface area contributed by atoms with E-state index in [0.717, 1.165) is 30.0 Å². The quantitative estimate of drug-likeness (QED) is 0.408. The zero-order valence-electron chi connectivity index (χ0n) is 22.1. The second-order valence-electron chi connectivity index (χ2n) is 9.74. The van der Waals surface area contributed by atoms with Gasteiger partial charge in [0, 0.05) is 31.5 Å². The monoisotopic (exact) mass is 519 g/mol. The number of amides is 2. The number of alkyl carbamates (subject to hydrolysis) is 1. The Morgan fingerprint density at radius 1 is 1.03 bits per heavy atom. The molecule has 1 aromatic heterocycles. The standard InChI is InChI=1S/C28H33N5O5/c1-28(2,3)38-27(35)30-15-14-29-24(34)22-17-31-26(33-16-13-20-7-5-6-8-23(20)33)32-25(22)37-18-19-9-11-21(36-4)12-10-19/h5-12,17H,13-16,18H2,1-4H3,(H,29,34)(H,30,35). The fourth-order valence-corrected chi connectivity index (χ4v) is 3.92. The molecule has 2 N–H and O–H groups in total. The van der Waals surface area contributed by atoms with Gasteiger partial charge in [-0.05, 0) is 56.5 Å². The summed E-state index contributed by atoms with van der Waals surface area (Å²) < 4.78 is 16.5. The minimum atomic E-state index is -0.599. The van der Waals surface area contributed by atoms with Crippen molar-refractivity contribution in [2.75, 3.05) is 31.6 Å². The van der Waals surface area contributed by atoms with Crippen molar-refractivity contribution < 1.29 is 23.8 Å². The van der Waals surface area contributed by atoms with Gasteiger partial charge in [-0.15, -0.1) is 0 Å². The maximum atomic E-state index is 13.0. The number of para-hydroxylation sites is 1. The number of anilines is 2. The average Bonchev–Trinajstić information content (AvgIpc) is 3.33. The number of methoxy groups -OCH3 is 1. The van der Waals surface area contributed by atoms with Crippen LogP contribution in [0.2, 0.25) is 0 Å². The molecule has 0 unspecified atom stereocenters. The minimum Gasteiger partial charge on any atom is -0.497 e. The number of nitrogens with zero attached hydrogens (tertiary/aromatic N) is 3. The number of hydrogen-bond donors (Lipinski definition) is 2. The smallest absolute Gasteiger partial charge is 0.407 e. The van der Waals surface area contributed by atoms with E-state index in [9.17, 15) is 9.59 Å². The number of ether oxygens (including phenoxy) is 3. The molecule has 0 spiro atoms. The van der Waals surface area contributed by atoms with Gasteiger partial charge >= 0.3 is 6.09 Å². The highest BCUT2D eigenvalue weighted by Gasteiger charge is 2.25. The van der Waals surface area contributed by atoms with E-state index < -0.39 is 17.6 Å². The highest BCUT2D eigenvalue weighted by atomic mass is 16.6. The summed E-state index contributed by atoms with van der Waals surface area (Å²) in [7, 11) is 1.61. The van der Waals surface area contributed by atoms with E-state index in [0.29, 0.717) is 5.95 Å². The lowest BCUT2D eigenvalue weighted by Gasteiger charge is -2.20. The maximum Gasteiger partial charge on any atom is 0.407 e. The molecule has 0 radical (unpaired) electrons. The van der Waals surface area contributed by atoms with E-state index >= 15 is 0 Å². The van der Waals surface area contributed by atoms with Crippen molar-refractivity contribution in [3.05, 3.63) is 71.4 Å². The van der Waals surface area contributed by atoms with Crippen LogP contribution in [-0.4, -0.2) is 54.3 Å². The normalized spacial score (nSPS) is 12.5. The molecule has 0 aliphatic carbocycles. The molecule has 2 aromatic carbocycles. The Morgan fingerprint density at radius 3 is 2.50 bits per heavy atom. The third-order valence-corrected chi connectivity index (χ3v) is 5.73. The summed E-state index contributed by atoms with van der Waals surface area (Å²) >= 11 is 0. The van der Waals surface area contributed by atoms with Crippen LogP contribution in [0.5, 0.6) is 11.6 Å². The van der Waals surface area contributed by atoms with Gasteiger partial charge in [0.2, 0.25) is 11.8 Å². The molecule has 38 heavy (non-hydrogen) atoms. The zero-order chi connectivity index (χ0) is 27.1. The van der Waals surface area contributed by atoms with Crippen molar-refractivity contribution in [3.63, 3.8) is 0 Å². The Labute approximate surface area is 222 Å². The number of nitrogens with one attached hydrogen (secondary N) is 2. The molecular weight excluding hydrogens is 486 g/mol. The molecule has 1 aliphatic heterocycles. The van der Waals surface area contributed by atoms with Gasteiger partial charge in [-0.25, -0.2) is 9.78 Å². The van der Waals surface area contributed by atoms with Gasteiger partial charge < -0.3 is 29.7 Å². The summed E-state index contributed by atoms with van der Waals surface area (Å²) in [6.45, 7) is 6.69. The lowest BCUT2D eigenvalue weighted by Crippen LogP contribution is -2.38. The molecule has 0 saturated heterocycles. The van der Waals surface area contributed by atoms with Gasteiger partial charge in [0.05, 0.1) is 7.11 Å². The van der Waals surface area contributed by atoms with Gasteiger partial charge in [0.25, 0.3) is 5.91 Å². The van der Waals surface area contributed by atoms with Gasteiger partial charge in [0.1, 0.15) is 23.5 Å². The second-order valence-corrected chi connectivity index (χ2v) is 9.74. The van der Waals surface area contributed by atoms with Crippen molar-refractivity contribution >= 4 is 23.6 Å². The van der Waals surface area contributed by atoms with E-state index in [4.69, 9.17) is 14.2 Å². The molecule has 10 heteroatoms. The van der Waals surface area contributed by atoms with Crippen molar-refractivity contribution in [1.29, 1.82) is 0 Å². The van der Waals surface area contributed by atoms with Gasteiger partial charge in [-0.2, -0.15) is 4.98 Å². The van der Waals surface area contributed by atoms with Crippen LogP contribution < -0.4 is 25.0 Å². The van der Waals surface area contributed by atoms with Gasteiger partial charge in [-0.1, -0.05) is 30.3 Å². The first kappa shape index (κ1) is 26.7. The van der Waals surface area contributed by atoms with Crippen molar-refractivity contribution in [2.24, 2.45) is 0 Å². The summed E-state index contributed by atoms with van der Waals surface area (Å²) in [6, 6.07) is 15.6. The Bertz CT molecular complexity index is 1270. The molecule has 1 aliphatic rings. The fraction of sp³-hybridized carbons (Fsp3) is 0.357. The maximum absolute atomic E-state index is 13.0. The first-order valence-electron chi connectivity index (χ1n) is 12.5. The Kier molecular flexibility index (Phi) is 8.30. The van der Waals surface area contributed by atoms with Crippen molar-refractivity contribution in [2.45, 2.75) is 39.4 Å². The van der Waals surface area contributed by atoms with Crippen molar-refractivity contribution in [3.8, 4) is 11.6 Å². The molecule has 2 heterocycles. The SMILES string of the molecule is COc1ccc(COc2nc(N3CCc4ccccc43)ncc2C(=O)NCCNC(=O)OC(C)(C)C)cc1. The first-order chi connectivity index (χ1) is 18.2. The zero-order valence-corrected chi connectivity index (χ0v) is 22.1. The summed E-state index contributed by atoms with van der Waals surface area (Å²) in [5.41, 5.74) is 2.76. The van der Waals surface area contributed by atoms with Crippen LogP contribution >= 0.6 is 0 Å². The molecule has 0 saturated carbocycles. The molecule has 200 valence electrons. The van der Waals surface area contributed by atoms with Crippen LogP contribution in [0.15, 0.2) is 54.7 Å². The average molecular weight is 520 g/mol. The first-order valence-corrected chi connectivity index (χ1v) is 12.5. The Morgan fingerprint density at radius 2 is 1.76 bits per heavy atom. The summed E-state index contributed by atoms with van der Waals surface area (Å²) in [5, 5.41) is 5.39. The molecule has 0 atom stereocenters. The number of fused-ring (bicyclic) bond motifs is 1. The van der Waals surface area contributed by atoms with E-state index in [-0.39, 0.29) is 31.1 Å². The number of benzene rings is 2. The number of aromatic nitrogens is 2. The molecule has 0 fully saturated rings. The minimum absolute atomic E-state index is 0.174. The third kappa shape index (κ3) is 6.90. The van der Waals surface area contributed by atoms with Gasteiger partial charge in [0.15, 0.2) is 0 Å². The Hall–Kier alpha value is -4.34. The van der Waals surface area contributed by atoms with Crippen molar-refractivity contribution in [1.82, 2.24) is 20.6 Å². The van der Waals surface area contributed by atoms with Gasteiger partial charge in [-0.3, -0.25) is 4.79 Å². The molecule has 3 aromatic rings. The number of carbonyl (C=O) groups is 2.